The van der Waals surface area contributed by atoms with E-state index in [4.69, 9.17) is 4.74 Å². The van der Waals surface area contributed by atoms with Crippen LogP contribution in [0.4, 0.5) is 0 Å². The maximum Gasteiger partial charge on any atom is 0.223 e. The maximum atomic E-state index is 12.0. The van der Waals surface area contributed by atoms with Gasteiger partial charge >= 0.3 is 0 Å². The molecule has 1 fully saturated rings. The summed E-state index contributed by atoms with van der Waals surface area (Å²) in [5.41, 5.74) is 0.0890. The number of ether oxygens (including phenoxy) is 1. The summed E-state index contributed by atoms with van der Waals surface area (Å²) in [5, 5.41) is 3.35. The van der Waals surface area contributed by atoms with Crippen LogP contribution in [0.25, 0.3) is 0 Å². The molecule has 1 aliphatic heterocycles. The van der Waals surface area contributed by atoms with Crippen molar-refractivity contribution in [1.29, 1.82) is 0 Å². The molecule has 1 saturated heterocycles. The highest BCUT2D eigenvalue weighted by Crippen LogP contribution is 2.17. The third-order valence-electron chi connectivity index (χ3n) is 3.36. The van der Waals surface area contributed by atoms with Crippen molar-refractivity contribution >= 4 is 5.91 Å². The second-order valence-electron chi connectivity index (χ2n) is 6.21. The van der Waals surface area contributed by atoms with Gasteiger partial charge in [-0.3, -0.25) is 4.79 Å². The Hall–Kier alpha value is -0.610. The van der Waals surface area contributed by atoms with Crippen LogP contribution in [0.2, 0.25) is 0 Å². The van der Waals surface area contributed by atoms with Gasteiger partial charge in [-0.15, -0.1) is 0 Å². The normalized spacial score (nSPS) is 18.1. The van der Waals surface area contributed by atoms with Crippen LogP contribution in [0.3, 0.4) is 0 Å². The molecule has 0 saturated carbocycles. The van der Waals surface area contributed by atoms with Crippen molar-refractivity contribution in [1.82, 2.24) is 10.2 Å². The zero-order chi connectivity index (χ0) is 13.6. The fourth-order valence-electron chi connectivity index (χ4n) is 2.29. The summed E-state index contributed by atoms with van der Waals surface area (Å²) in [6.07, 6.45) is 2.75. The largest absolute Gasteiger partial charge is 0.384 e. The zero-order valence-corrected chi connectivity index (χ0v) is 12.3. The molecule has 0 aliphatic carbocycles. The highest BCUT2D eigenvalue weighted by Gasteiger charge is 2.22. The number of nitrogens with one attached hydrogen (secondary N) is 1. The first-order valence-electron chi connectivity index (χ1n) is 6.94. The zero-order valence-electron chi connectivity index (χ0n) is 12.3. The Bertz CT molecular complexity index is 253. The van der Waals surface area contributed by atoms with Gasteiger partial charge in [-0.25, -0.2) is 0 Å². The summed E-state index contributed by atoms with van der Waals surface area (Å²) >= 11 is 0. The first kappa shape index (κ1) is 15.4. The van der Waals surface area contributed by atoms with Crippen molar-refractivity contribution in [2.75, 3.05) is 33.4 Å². The first-order chi connectivity index (χ1) is 8.42. The Balaban J connectivity index is 2.20. The number of likely N-dealkylation sites (tertiary alicyclic amines) is 1. The van der Waals surface area contributed by atoms with Crippen molar-refractivity contribution in [3.8, 4) is 0 Å². The smallest absolute Gasteiger partial charge is 0.223 e. The number of carbonyl (C=O) groups is 1. The Morgan fingerprint density at radius 3 is 2.44 bits per heavy atom. The van der Waals surface area contributed by atoms with E-state index in [1.54, 1.807) is 7.11 Å². The molecule has 0 aromatic rings. The fraction of sp³-hybridized carbons (Fsp3) is 0.929. The number of hydrogen-bond donors (Lipinski definition) is 1. The van der Waals surface area contributed by atoms with Gasteiger partial charge in [0.05, 0.1) is 0 Å². The minimum Gasteiger partial charge on any atom is -0.384 e. The molecular formula is C14H28N2O2. The molecule has 0 bridgehead atoms. The number of hydrogen-bond acceptors (Lipinski definition) is 3. The van der Waals surface area contributed by atoms with Crippen LogP contribution in [0.5, 0.6) is 0 Å². The number of rotatable bonds is 5. The Morgan fingerprint density at radius 1 is 1.33 bits per heavy atom. The lowest BCUT2D eigenvalue weighted by atomic mass is 9.97. The predicted molar refractivity (Wildman–Crippen MR) is 73.6 cm³/mol. The second kappa shape index (κ2) is 7.10. The van der Waals surface area contributed by atoms with Crippen LogP contribution in [0.1, 0.15) is 40.0 Å². The van der Waals surface area contributed by atoms with Crippen molar-refractivity contribution in [2.45, 2.75) is 45.6 Å². The van der Waals surface area contributed by atoms with E-state index in [1.165, 1.54) is 0 Å². The van der Waals surface area contributed by atoms with E-state index in [2.05, 4.69) is 26.1 Å². The fourth-order valence-corrected chi connectivity index (χ4v) is 2.29. The van der Waals surface area contributed by atoms with Gasteiger partial charge in [0.2, 0.25) is 5.91 Å². The van der Waals surface area contributed by atoms with Crippen molar-refractivity contribution in [2.24, 2.45) is 5.92 Å². The molecule has 4 nitrogen and oxygen atoms in total. The van der Waals surface area contributed by atoms with Crippen molar-refractivity contribution in [3.05, 3.63) is 0 Å². The van der Waals surface area contributed by atoms with Crippen LogP contribution in [-0.2, 0) is 9.53 Å². The minimum atomic E-state index is 0.0890. The van der Waals surface area contributed by atoms with E-state index in [1.807, 2.05) is 4.90 Å². The number of amides is 1. The van der Waals surface area contributed by atoms with Gasteiger partial charge in [-0.05, 0) is 39.5 Å². The molecule has 1 rings (SSSR count). The third kappa shape index (κ3) is 5.83. The van der Waals surface area contributed by atoms with Crippen LogP contribution < -0.4 is 5.32 Å². The van der Waals surface area contributed by atoms with Crippen LogP contribution >= 0.6 is 0 Å². The number of methoxy groups -OCH3 is 1. The Morgan fingerprint density at radius 2 is 1.94 bits per heavy atom. The Labute approximate surface area is 111 Å². The molecule has 0 atom stereocenters. The van der Waals surface area contributed by atoms with Gasteiger partial charge in [-0.2, -0.15) is 0 Å². The Kier molecular flexibility index (Phi) is 6.09. The predicted octanol–water partition coefficient (Wildman–Crippen LogP) is 1.65. The lowest BCUT2D eigenvalue weighted by Gasteiger charge is -2.32. The van der Waals surface area contributed by atoms with E-state index in [0.717, 1.165) is 39.1 Å². The van der Waals surface area contributed by atoms with Crippen LogP contribution in [0.15, 0.2) is 0 Å². The summed E-state index contributed by atoms with van der Waals surface area (Å²) in [6, 6.07) is 0. The summed E-state index contributed by atoms with van der Waals surface area (Å²) in [5.74, 6) is 0.911. The van der Waals surface area contributed by atoms with Gasteiger partial charge in [0.15, 0.2) is 0 Å². The first-order valence-corrected chi connectivity index (χ1v) is 6.94. The molecule has 0 aromatic carbocycles. The molecule has 1 heterocycles. The molecular weight excluding hydrogens is 228 g/mol. The molecule has 1 N–H and O–H groups in total. The van der Waals surface area contributed by atoms with E-state index >= 15 is 0 Å². The molecule has 106 valence electrons. The third-order valence-corrected chi connectivity index (χ3v) is 3.36. The maximum absolute atomic E-state index is 12.0. The van der Waals surface area contributed by atoms with Gasteiger partial charge in [0.25, 0.3) is 0 Å². The standard InChI is InChI=1S/C14H28N2O2/c1-14(2,3)15-8-5-13(17)16-9-6-12(7-10-16)11-18-4/h12,15H,5-11H2,1-4H3. The van der Waals surface area contributed by atoms with Gasteiger partial charge in [0.1, 0.15) is 0 Å². The molecule has 1 aliphatic rings. The average molecular weight is 256 g/mol. The van der Waals surface area contributed by atoms with Gasteiger partial charge < -0.3 is 15.0 Å². The number of carbonyl (C=O) groups excluding carboxylic acids is 1. The van der Waals surface area contributed by atoms with Crippen LogP contribution in [-0.4, -0.2) is 49.7 Å². The van der Waals surface area contributed by atoms with Crippen LogP contribution in [0, 0.1) is 5.92 Å². The summed E-state index contributed by atoms with van der Waals surface area (Å²) in [7, 11) is 1.75. The summed E-state index contributed by atoms with van der Waals surface area (Å²) in [4.78, 5) is 14.0. The molecule has 4 heteroatoms. The monoisotopic (exact) mass is 256 g/mol. The number of nitrogens with zero attached hydrogens (tertiary/aromatic N) is 1. The second-order valence-corrected chi connectivity index (χ2v) is 6.21. The van der Waals surface area contributed by atoms with Gasteiger partial charge in [-0.1, -0.05) is 0 Å². The van der Waals surface area contributed by atoms with Gasteiger partial charge in [0, 0.05) is 45.3 Å². The molecule has 0 radical (unpaired) electrons. The van der Waals surface area contributed by atoms with E-state index in [9.17, 15) is 4.79 Å². The highest BCUT2D eigenvalue weighted by atomic mass is 16.5. The summed E-state index contributed by atoms with van der Waals surface area (Å²) < 4.78 is 5.17. The molecule has 18 heavy (non-hydrogen) atoms. The van der Waals surface area contributed by atoms with E-state index in [0.29, 0.717) is 12.3 Å². The summed E-state index contributed by atoms with van der Waals surface area (Å²) in [6.45, 7) is 9.73. The minimum absolute atomic E-state index is 0.0890. The van der Waals surface area contributed by atoms with E-state index in [-0.39, 0.29) is 11.4 Å². The number of piperidine rings is 1. The molecule has 0 unspecified atom stereocenters. The van der Waals surface area contributed by atoms with Crippen molar-refractivity contribution in [3.63, 3.8) is 0 Å². The topological polar surface area (TPSA) is 41.6 Å². The SMILES string of the molecule is COCC1CCN(C(=O)CCNC(C)(C)C)CC1. The lowest BCUT2D eigenvalue weighted by molar-refractivity contribution is -0.132. The molecule has 0 spiro atoms. The molecule has 0 aromatic heterocycles. The highest BCUT2D eigenvalue weighted by molar-refractivity contribution is 5.76. The van der Waals surface area contributed by atoms with Crippen molar-refractivity contribution < 1.29 is 9.53 Å². The average Bonchev–Trinajstić information content (AvgIpc) is 2.28. The van der Waals surface area contributed by atoms with E-state index < -0.39 is 0 Å². The quantitative estimate of drug-likeness (QED) is 0.813. The molecule has 1 amide bonds. The lowest BCUT2D eigenvalue weighted by Crippen LogP contribution is -2.42.